The van der Waals surface area contributed by atoms with Gasteiger partial charge in [0.2, 0.25) is 0 Å². The van der Waals surface area contributed by atoms with E-state index >= 15 is 0 Å². The first-order chi connectivity index (χ1) is 67.4. The summed E-state index contributed by atoms with van der Waals surface area (Å²) in [6, 6.07) is 18.8. The summed E-state index contributed by atoms with van der Waals surface area (Å²) < 4.78 is 55.3. The molecule has 770 valence electrons. The summed E-state index contributed by atoms with van der Waals surface area (Å²) in [7, 11) is 0. The Kier molecular flexibility index (Phi) is 82.6. The van der Waals surface area contributed by atoms with Crippen LogP contribution in [0.15, 0.2) is 54.6 Å². The molecule has 0 fully saturated rings. The van der Waals surface area contributed by atoms with E-state index in [0.717, 1.165) is 141 Å². The second kappa shape index (κ2) is 92.2. The largest absolute Gasteiger partial charge is 0.494 e. The lowest BCUT2D eigenvalue weighted by Gasteiger charge is -2.15. The second-order valence-corrected chi connectivity index (χ2v) is 40.3. The molecule has 0 atom stereocenters. The molecule has 0 aliphatic carbocycles. The lowest BCUT2D eigenvalue weighted by Crippen LogP contribution is -2.04. The highest BCUT2D eigenvalue weighted by molar-refractivity contribution is 5.66. The molecule has 0 saturated carbocycles. The first-order valence-corrected chi connectivity index (χ1v) is 59.1. The molecule has 0 radical (unpaired) electrons. The number of hydrogen-bond acceptors (Lipinski definition) is 8. The molecule has 0 saturated heterocycles. The van der Waals surface area contributed by atoms with E-state index < -0.39 is 0 Å². The zero-order valence-electron chi connectivity index (χ0n) is 90.3. The molecule has 0 aliphatic heterocycles. The summed E-state index contributed by atoms with van der Waals surface area (Å²) in [6.45, 7) is 23.2. The Morgan fingerprint density at radius 3 is 0.449 bits per heavy atom. The number of rotatable bonds is 96. The number of hydrogen-bond donors (Lipinski definition) is 0. The number of ether oxygens (including phenoxy) is 8. The highest BCUT2D eigenvalue weighted by Gasteiger charge is 2.18. The molecule has 0 unspecified atom stereocenters. The summed E-state index contributed by atoms with van der Waals surface area (Å²) in [5.41, 5.74) is 5.27. The Labute approximate surface area is 841 Å². The summed E-state index contributed by atoms with van der Waals surface area (Å²) in [6.07, 6.45) is 107. The molecule has 8 nitrogen and oxygen atoms in total. The minimum Gasteiger partial charge on any atom is -0.494 e. The van der Waals surface area contributed by atoms with Crippen LogP contribution < -0.4 is 37.9 Å². The predicted octanol–water partition coefficient (Wildman–Crippen LogP) is 40.3. The molecule has 0 heterocycles. The van der Waals surface area contributed by atoms with Crippen LogP contribution in [-0.4, -0.2) is 52.9 Å². The van der Waals surface area contributed by atoms with Gasteiger partial charge in [-0.25, -0.2) is 0 Å². The zero-order chi connectivity index (χ0) is 96.9. The van der Waals surface area contributed by atoms with Crippen molar-refractivity contribution in [2.24, 2.45) is 0 Å². The zero-order valence-corrected chi connectivity index (χ0v) is 90.3. The standard InChI is InChI=1S/C128H210O8/c1-10-19-27-35-43-51-59-67-75-83-99-129-121-97-98-122(130-100-84-76-68-60-52-44-36-28-20-11-2)115(107-121)91-92-117-110-126(134-104-88-80-72-64-56-48-40-32-24-15-6)119(111-125(117)133-103-87-79-71-63-55-47-39-31-23-14-5)95-96-120-113-127(135-105-89-81-73-65-57-49-41-33-25-16-7)118(112-128(120)136-106-90-82-74-66-58-50-42-34-26-17-8)94-93-116-109-123(131-101-85-77-69-61-53-45-37-29-21-12-3)114(18-9)108-124(116)132-102-86-78-70-62-54-46-38-30-22-13-4/h9,97-98,107-113H,10-17,19-90,99-106H2,1-8H3. The van der Waals surface area contributed by atoms with Crippen molar-refractivity contribution >= 4 is 0 Å². The number of unbranched alkanes of at least 4 members (excludes halogenated alkanes) is 72. The van der Waals surface area contributed by atoms with E-state index in [9.17, 15) is 0 Å². The van der Waals surface area contributed by atoms with Crippen LogP contribution in [0.1, 0.15) is 608 Å². The van der Waals surface area contributed by atoms with Crippen LogP contribution in [-0.2, 0) is 0 Å². The van der Waals surface area contributed by atoms with Crippen molar-refractivity contribution in [1.82, 2.24) is 0 Å². The van der Waals surface area contributed by atoms with Gasteiger partial charge in [-0.3, -0.25) is 0 Å². The van der Waals surface area contributed by atoms with E-state index in [1.54, 1.807) is 0 Å². The Hall–Kier alpha value is -6.48. The fourth-order valence-corrected chi connectivity index (χ4v) is 18.4. The average molecular weight is 1880 g/mol. The van der Waals surface area contributed by atoms with Crippen LogP contribution in [0.4, 0.5) is 0 Å². The fourth-order valence-electron chi connectivity index (χ4n) is 18.4. The Bertz CT molecular complexity index is 3650. The molecule has 0 aliphatic rings. The molecule has 4 aromatic rings. The van der Waals surface area contributed by atoms with Gasteiger partial charge in [0, 0.05) is 36.4 Å². The third-order valence-electron chi connectivity index (χ3n) is 27.4. The van der Waals surface area contributed by atoms with E-state index in [-0.39, 0.29) is 0 Å². The van der Waals surface area contributed by atoms with Crippen LogP contribution in [0.2, 0.25) is 0 Å². The van der Waals surface area contributed by atoms with Crippen molar-refractivity contribution in [3.63, 3.8) is 0 Å². The molecule has 0 spiro atoms. The highest BCUT2D eigenvalue weighted by Crippen LogP contribution is 2.36. The molecule has 0 amide bonds. The van der Waals surface area contributed by atoms with Gasteiger partial charge in [0.1, 0.15) is 46.0 Å². The molecule has 136 heavy (non-hydrogen) atoms. The molecule has 4 aromatic carbocycles. The normalized spacial score (nSPS) is 11.1. The van der Waals surface area contributed by atoms with Gasteiger partial charge in [-0.2, -0.15) is 0 Å². The molecule has 0 aromatic heterocycles. The van der Waals surface area contributed by atoms with Crippen LogP contribution in [0, 0.1) is 47.9 Å². The lowest BCUT2D eigenvalue weighted by atomic mass is 10.0. The molecule has 0 N–H and O–H groups in total. The monoisotopic (exact) mass is 1880 g/mol. The smallest absolute Gasteiger partial charge is 0.136 e. The second-order valence-electron chi connectivity index (χ2n) is 40.3. The van der Waals surface area contributed by atoms with Crippen molar-refractivity contribution in [3.05, 3.63) is 93.5 Å². The van der Waals surface area contributed by atoms with Crippen LogP contribution >= 0.6 is 0 Å². The Morgan fingerprint density at radius 1 is 0.147 bits per heavy atom. The maximum Gasteiger partial charge on any atom is 0.136 e. The lowest BCUT2D eigenvalue weighted by molar-refractivity contribution is 0.294. The Morgan fingerprint density at radius 2 is 0.279 bits per heavy atom. The minimum absolute atomic E-state index is 0.555. The van der Waals surface area contributed by atoms with E-state index in [1.807, 2.05) is 12.1 Å². The van der Waals surface area contributed by atoms with Crippen molar-refractivity contribution in [3.8, 4) is 93.9 Å². The maximum atomic E-state index is 7.13. The quantitative estimate of drug-likeness (QED) is 0.0320. The average Bonchev–Trinajstić information content (AvgIpc) is 0.808. The van der Waals surface area contributed by atoms with Gasteiger partial charge in [-0.05, 0) is 69.6 Å². The van der Waals surface area contributed by atoms with Crippen molar-refractivity contribution < 1.29 is 37.9 Å². The van der Waals surface area contributed by atoms with Crippen LogP contribution in [0.25, 0.3) is 0 Å². The third kappa shape index (κ3) is 66.3. The van der Waals surface area contributed by atoms with Gasteiger partial charge in [0.05, 0.1) is 91.8 Å². The van der Waals surface area contributed by atoms with Crippen molar-refractivity contribution in [2.45, 2.75) is 569 Å². The SMILES string of the molecule is C#Cc1cc(OCCCCCCCCCCCC)c(C#Cc2cc(OCCCCCCCCCCCC)c(C#Cc3cc(OCCCCCCCCCCCC)c(C#Cc4cc(OCCCCCCCCCCCC)ccc4OCCCCCCCCCCCC)cc3OCCCCCCCCCCCC)cc2OCCCCCCCCCCCC)cc1OCCCCCCCCCCCC. The van der Waals surface area contributed by atoms with Gasteiger partial charge in [0.15, 0.2) is 0 Å². The van der Waals surface area contributed by atoms with E-state index in [4.69, 9.17) is 44.3 Å². The van der Waals surface area contributed by atoms with Crippen LogP contribution in [0.3, 0.4) is 0 Å². The van der Waals surface area contributed by atoms with E-state index in [0.29, 0.717) is 92.9 Å². The Balaban J connectivity index is 2.00. The summed E-state index contributed by atoms with van der Waals surface area (Å²) in [5, 5.41) is 0. The van der Waals surface area contributed by atoms with Gasteiger partial charge in [0.25, 0.3) is 0 Å². The molecule has 0 bridgehead atoms. The van der Waals surface area contributed by atoms with E-state index in [1.165, 1.54) is 417 Å². The molecule has 4 rings (SSSR count). The van der Waals surface area contributed by atoms with Crippen molar-refractivity contribution in [1.29, 1.82) is 0 Å². The third-order valence-corrected chi connectivity index (χ3v) is 27.4. The molecule has 8 heteroatoms. The maximum absolute atomic E-state index is 7.13. The molecular formula is C128H210O8. The summed E-state index contributed by atoms with van der Waals surface area (Å²) in [4.78, 5) is 0. The van der Waals surface area contributed by atoms with Gasteiger partial charge in [-0.1, -0.05) is 559 Å². The highest BCUT2D eigenvalue weighted by atomic mass is 16.5. The minimum atomic E-state index is 0.555. The first kappa shape index (κ1) is 122. The number of benzene rings is 4. The topological polar surface area (TPSA) is 73.8 Å². The summed E-state index contributed by atoms with van der Waals surface area (Å²) in [5.74, 6) is 31.1. The van der Waals surface area contributed by atoms with Crippen molar-refractivity contribution in [2.75, 3.05) is 52.9 Å². The van der Waals surface area contributed by atoms with Crippen LogP contribution in [0.5, 0.6) is 46.0 Å². The van der Waals surface area contributed by atoms with Gasteiger partial charge < -0.3 is 37.9 Å². The predicted molar refractivity (Wildman–Crippen MR) is 590 cm³/mol. The van der Waals surface area contributed by atoms with Gasteiger partial charge >= 0.3 is 0 Å². The number of terminal acetylenes is 1. The first-order valence-electron chi connectivity index (χ1n) is 59.1. The van der Waals surface area contributed by atoms with E-state index in [2.05, 4.69) is 139 Å². The summed E-state index contributed by atoms with van der Waals surface area (Å²) >= 11 is 0. The van der Waals surface area contributed by atoms with Gasteiger partial charge in [-0.15, -0.1) is 6.42 Å². The fraction of sp³-hybridized carbons (Fsp3) is 0.750. The molecular weight excluding hydrogens is 1670 g/mol.